The summed E-state index contributed by atoms with van der Waals surface area (Å²) in [4.78, 5) is 42.1. The molecular formula is C18H21N3O4. The number of carbonyl (C=O) groups is 2. The van der Waals surface area contributed by atoms with E-state index in [1.807, 2.05) is 6.07 Å². The molecule has 0 saturated heterocycles. The summed E-state index contributed by atoms with van der Waals surface area (Å²) in [6.45, 7) is 0. The fraction of sp³-hybridized carbons (Fsp3) is 0.444. The van der Waals surface area contributed by atoms with Crippen LogP contribution in [0.4, 0.5) is 0 Å². The SMILES string of the molecule is O=C(CCc1nc2ccccc2c(=O)[nH]1)NC1CCC(C(=O)O)CC1. The van der Waals surface area contributed by atoms with E-state index in [0.717, 1.165) is 0 Å². The van der Waals surface area contributed by atoms with E-state index in [2.05, 4.69) is 15.3 Å². The number of carboxylic acid groups (broad SMARTS) is 1. The molecule has 0 aliphatic heterocycles. The zero-order chi connectivity index (χ0) is 17.8. The summed E-state index contributed by atoms with van der Waals surface area (Å²) in [6, 6.07) is 7.12. The number of para-hydroxylation sites is 1. The molecule has 1 fully saturated rings. The fourth-order valence-corrected chi connectivity index (χ4v) is 3.27. The number of benzene rings is 1. The Bertz CT molecular complexity index is 838. The molecule has 25 heavy (non-hydrogen) atoms. The lowest BCUT2D eigenvalue weighted by Gasteiger charge is -2.26. The van der Waals surface area contributed by atoms with Gasteiger partial charge in [-0.05, 0) is 37.8 Å². The summed E-state index contributed by atoms with van der Waals surface area (Å²) in [5.74, 6) is -0.654. The van der Waals surface area contributed by atoms with Crippen LogP contribution in [0.15, 0.2) is 29.1 Å². The van der Waals surface area contributed by atoms with Crippen molar-refractivity contribution >= 4 is 22.8 Å². The molecule has 0 spiro atoms. The molecule has 132 valence electrons. The van der Waals surface area contributed by atoms with Gasteiger partial charge in [-0.15, -0.1) is 0 Å². The van der Waals surface area contributed by atoms with Crippen LogP contribution in [-0.2, 0) is 16.0 Å². The lowest BCUT2D eigenvalue weighted by atomic mass is 9.86. The maximum atomic E-state index is 12.1. The van der Waals surface area contributed by atoms with Crippen molar-refractivity contribution in [1.29, 1.82) is 0 Å². The Labute approximate surface area is 144 Å². The molecule has 0 atom stereocenters. The third-order valence-electron chi connectivity index (χ3n) is 4.69. The van der Waals surface area contributed by atoms with Gasteiger partial charge in [0.25, 0.3) is 5.56 Å². The van der Waals surface area contributed by atoms with Crippen molar-refractivity contribution in [1.82, 2.24) is 15.3 Å². The molecule has 0 unspecified atom stereocenters. The van der Waals surface area contributed by atoms with Gasteiger partial charge in [-0.3, -0.25) is 14.4 Å². The lowest BCUT2D eigenvalue weighted by molar-refractivity contribution is -0.142. The number of nitrogens with zero attached hydrogens (tertiary/aromatic N) is 1. The van der Waals surface area contributed by atoms with Crippen molar-refractivity contribution in [2.45, 2.75) is 44.6 Å². The predicted molar refractivity (Wildman–Crippen MR) is 92.2 cm³/mol. The monoisotopic (exact) mass is 343 g/mol. The van der Waals surface area contributed by atoms with Gasteiger partial charge >= 0.3 is 5.97 Å². The number of aromatic nitrogens is 2. The number of amides is 1. The molecule has 7 nitrogen and oxygen atoms in total. The van der Waals surface area contributed by atoms with Crippen LogP contribution in [0.25, 0.3) is 10.9 Å². The Balaban J connectivity index is 1.53. The van der Waals surface area contributed by atoms with Crippen molar-refractivity contribution in [2.24, 2.45) is 5.92 Å². The number of H-pyrrole nitrogens is 1. The molecule has 0 radical (unpaired) electrons. The van der Waals surface area contributed by atoms with E-state index < -0.39 is 5.97 Å². The molecule has 3 rings (SSSR count). The number of aromatic amines is 1. The highest BCUT2D eigenvalue weighted by Crippen LogP contribution is 2.24. The largest absolute Gasteiger partial charge is 0.481 e. The second-order valence-corrected chi connectivity index (χ2v) is 6.48. The average Bonchev–Trinajstić information content (AvgIpc) is 2.60. The molecule has 2 aromatic rings. The van der Waals surface area contributed by atoms with Gasteiger partial charge in [0.05, 0.1) is 16.8 Å². The summed E-state index contributed by atoms with van der Waals surface area (Å²) in [7, 11) is 0. The first-order valence-corrected chi connectivity index (χ1v) is 8.53. The van der Waals surface area contributed by atoms with Crippen LogP contribution < -0.4 is 10.9 Å². The number of aliphatic carboxylic acids is 1. The van der Waals surface area contributed by atoms with E-state index in [9.17, 15) is 14.4 Å². The second kappa shape index (κ2) is 7.46. The number of rotatable bonds is 5. The summed E-state index contributed by atoms with van der Waals surface area (Å²) in [6.07, 6.45) is 3.16. The third-order valence-corrected chi connectivity index (χ3v) is 4.69. The van der Waals surface area contributed by atoms with Crippen molar-refractivity contribution in [3.63, 3.8) is 0 Å². The number of nitrogens with one attached hydrogen (secondary N) is 2. The molecule has 7 heteroatoms. The zero-order valence-corrected chi connectivity index (χ0v) is 13.8. The number of fused-ring (bicyclic) bond motifs is 1. The number of carboxylic acids is 1. The van der Waals surface area contributed by atoms with E-state index >= 15 is 0 Å². The van der Waals surface area contributed by atoms with Gasteiger partial charge in [-0.25, -0.2) is 4.98 Å². The topological polar surface area (TPSA) is 112 Å². The zero-order valence-electron chi connectivity index (χ0n) is 13.8. The van der Waals surface area contributed by atoms with Crippen molar-refractivity contribution in [3.8, 4) is 0 Å². The average molecular weight is 343 g/mol. The van der Waals surface area contributed by atoms with E-state index in [1.165, 1.54) is 0 Å². The first-order chi connectivity index (χ1) is 12.0. The summed E-state index contributed by atoms with van der Waals surface area (Å²) in [5.41, 5.74) is 0.418. The van der Waals surface area contributed by atoms with Crippen LogP contribution in [0, 0.1) is 5.92 Å². The number of hydrogen-bond acceptors (Lipinski definition) is 4. The third kappa shape index (κ3) is 4.23. The van der Waals surface area contributed by atoms with Crippen LogP contribution >= 0.6 is 0 Å². The van der Waals surface area contributed by atoms with E-state index in [1.54, 1.807) is 18.2 Å². The Morgan fingerprint density at radius 3 is 2.64 bits per heavy atom. The first kappa shape index (κ1) is 17.1. The van der Waals surface area contributed by atoms with Crippen molar-refractivity contribution in [3.05, 3.63) is 40.4 Å². The smallest absolute Gasteiger partial charge is 0.306 e. The molecular weight excluding hydrogens is 322 g/mol. The summed E-state index contributed by atoms with van der Waals surface area (Å²) >= 11 is 0. The standard InChI is InChI=1S/C18H21N3O4/c22-16(19-12-7-5-11(6-8-12)18(24)25)10-9-15-20-14-4-2-1-3-13(14)17(23)21-15/h1-4,11-12H,5-10H2,(H,19,22)(H,24,25)(H,20,21,23). The van der Waals surface area contributed by atoms with Gasteiger partial charge in [0.15, 0.2) is 0 Å². The normalized spacial score (nSPS) is 20.3. The second-order valence-electron chi connectivity index (χ2n) is 6.48. The molecule has 0 bridgehead atoms. The maximum Gasteiger partial charge on any atom is 0.306 e. The van der Waals surface area contributed by atoms with E-state index in [-0.39, 0.29) is 29.8 Å². The van der Waals surface area contributed by atoms with Gasteiger partial charge in [0, 0.05) is 18.9 Å². The fourth-order valence-electron chi connectivity index (χ4n) is 3.27. The lowest BCUT2D eigenvalue weighted by Crippen LogP contribution is -2.38. The van der Waals surface area contributed by atoms with Crippen LogP contribution in [0.2, 0.25) is 0 Å². The van der Waals surface area contributed by atoms with Crippen molar-refractivity contribution < 1.29 is 14.7 Å². The van der Waals surface area contributed by atoms with Gasteiger partial charge in [-0.2, -0.15) is 0 Å². The maximum absolute atomic E-state index is 12.1. The molecule has 1 aromatic heterocycles. The molecule has 1 saturated carbocycles. The van der Waals surface area contributed by atoms with Gasteiger partial charge < -0.3 is 15.4 Å². The predicted octanol–water partition coefficient (Wildman–Crippen LogP) is 1.62. The van der Waals surface area contributed by atoms with Gasteiger partial charge in [-0.1, -0.05) is 12.1 Å². The number of carbonyl (C=O) groups excluding carboxylic acids is 1. The molecule has 1 aromatic carbocycles. The highest BCUT2D eigenvalue weighted by molar-refractivity contribution is 5.78. The summed E-state index contributed by atoms with van der Waals surface area (Å²) in [5, 5.41) is 12.5. The quantitative estimate of drug-likeness (QED) is 0.763. The Hall–Kier alpha value is -2.70. The van der Waals surface area contributed by atoms with E-state index in [0.29, 0.717) is 48.8 Å². The molecule has 1 heterocycles. The first-order valence-electron chi connectivity index (χ1n) is 8.53. The van der Waals surface area contributed by atoms with E-state index in [4.69, 9.17) is 5.11 Å². The van der Waals surface area contributed by atoms with Gasteiger partial charge in [0.2, 0.25) is 5.91 Å². The van der Waals surface area contributed by atoms with Crippen LogP contribution in [0.1, 0.15) is 37.9 Å². The van der Waals surface area contributed by atoms with Crippen molar-refractivity contribution in [2.75, 3.05) is 0 Å². The Morgan fingerprint density at radius 2 is 1.92 bits per heavy atom. The minimum atomic E-state index is -0.754. The number of aryl methyl sites for hydroxylation is 1. The molecule has 1 aliphatic rings. The van der Waals surface area contributed by atoms with Crippen LogP contribution in [0.3, 0.4) is 0 Å². The highest BCUT2D eigenvalue weighted by atomic mass is 16.4. The van der Waals surface area contributed by atoms with Crippen LogP contribution in [-0.4, -0.2) is 33.0 Å². The van der Waals surface area contributed by atoms with Gasteiger partial charge in [0.1, 0.15) is 5.82 Å². The number of hydrogen-bond donors (Lipinski definition) is 3. The van der Waals surface area contributed by atoms with Crippen LogP contribution in [0.5, 0.6) is 0 Å². The Morgan fingerprint density at radius 1 is 1.20 bits per heavy atom. The minimum Gasteiger partial charge on any atom is -0.481 e. The summed E-state index contributed by atoms with van der Waals surface area (Å²) < 4.78 is 0. The minimum absolute atomic E-state index is 0.0340. The highest BCUT2D eigenvalue weighted by Gasteiger charge is 2.26. The molecule has 3 N–H and O–H groups in total. The molecule has 1 amide bonds. The Kier molecular flexibility index (Phi) is 5.11. The molecule has 1 aliphatic carbocycles.